The van der Waals surface area contributed by atoms with Gasteiger partial charge in [0.2, 0.25) is 0 Å². The summed E-state index contributed by atoms with van der Waals surface area (Å²) in [6.45, 7) is 9.25. The maximum absolute atomic E-state index is 4.71. The van der Waals surface area contributed by atoms with E-state index in [1.54, 1.807) is 11.3 Å². The number of aromatic nitrogens is 2. The molecule has 1 N–H and O–H groups in total. The highest BCUT2D eigenvalue weighted by Gasteiger charge is 2.10. The minimum absolute atomic E-state index is 0.309. The van der Waals surface area contributed by atoms with Crippen LogP contribution in [0.2, 0.25) is 0 Å². The predicted molar refractivity (Wildman–Crippen MR) is 76.9 cm³/mol. The molecule has 2 rings (SSSR count). The van der Waals surface area contributed by atoms with Crippen LogP contribution in [0.5, 0.6) is 0 Å². The molecule has 0 radical (unpaired) electrons. The monoisotopic (exact) mass is 261 g/mol. The highest BCUT2D eigenvalue weighted by Crippen LogP contribution is 2.26. The van der Waals surface area contributed by atoms with Crippen LogP contribution in [0.25, 0.3) is 10.6 Å². The number of nitrogens with zero attached hydrogens (tertiary/aromatic N) is 2. The van der Waals surface area contributed by atoms with Gasteiger partial charge in [-0.05, 0) is 39.4 Å². The Labute approximate surface area is 112 Å². The van der Waals surface area contributed by atoms with Crippen LogP contribution in [0.1, 0.15) is 37.0 Å². The van der Waals surface area contributed by atoms with Crippen LogP contribution in [-0.4, -0.2) is 16.5 Å². The molecule has 0 aliphatic heterocycles. The van der Waals surface area contributed by atoms with Crippen molar-refractivity contribution in [2.24, 2.45) is 0 Å². The Kier molecular flexibility index (Phi) is 4.09. The maximum atomic E-state index is 4.71. The number of rotatable bonds is 4. The van der Waals surface area contributed by atoms with Gasteiger partial charge in [-0.3, -0.25) is 4.98 Å². The fourth-order valence-corrected chi connectivity index (χ4v) is 2.89. The quantitative estimate of drug-likeness (QED) is 0.915. The van der Waals surface area contributed by atoms with Crippen molar-refractivity contribution in [3.05, 3.63) is 34.6 Å². The lowest BCUT2D eigenvalue weighted by molar-refractivity contribution is 0.587. The van der Waals surface area contributed by atoms with E-state index in [1.807, 2.05) is 13.8 Å². The standard InChI is InChI=1S/C14H19N3S/c1-5-15-11(4)13-8-18-14(17-13)12-6-9(2)16-10(3)7-12/h6-8,11,15H,5H2,1-4H3. The molecule has 0 amide bonds. The first-order chi connectivity index (χ1) is 8.60. The first-order valence-corrected chi connectivity index (χ1v) is 7.12. The average molecular weight is 261 g/mol. The lowest BCUT2D eigenvalue weighted by Gasteiger charge is -2.08. The average Bonchev–Trinajstić information content (AvgIpc) is 2.77. The third-order valence-corrected chi connectivity index (χ3v) is 3.71. The van der Waals surface area contributed by atoms with E-state index < -0.39 is 0 Å². The Morgan fingerprint density at radius 3 is 2.50 bits per heavy atom. The van der Waals surface area contributed by atoms with E-state index in [-0.39, 0.29) is 0 Å². The largest absolute Gasteiger partial charge is 0.309 e. The molecule has 0 aromatic carbocycles. The summed E-state index contributed by atoms with van der Waals surface area (Å²) < 4.78 is 0. The number of hydrogen-bond acceptors (Lipinski definition) is 4. The molecule has 0 aliphatic carbocycles. The van der Waals surface area contributed by atoms with Crippen molar-refractivity contribution in [2.45, 2.75) is 33.7 Å². The summed E-state index contributed by atoms with van der Waals surface area (Å²) in [6.07, 6.45) is 0. The molecule has 0 fully saturated rings. The number of nitrogens with one attached hydrogen (secondary N) is 1. The van der Waals surface area contributed by atoms with Crippen molar-refractivity contribution in [2.75, 3.05) is 6.54 Å². The molecule has 1 unspecified atom stereocenters. The SMILES string of the molecule is CCNC(C)c1csc(-c2cc(C)nc(C)c2)n1. The van der Waals surface area contributed by atoms with Gasteiger partial charge < -0.3 is 5.32 Å². The van der Waals surface area contributed by atoms with E-state index in [0.29, 0.717) is 6.04 Å². The van der Waals surface area contributed by atoms with E-state index in [0.717, 1.165) is 28.6 Å². The molecule has 4 heteroatoms. The number of aryl methyl sites for hydroxylation is 2. The zero-order chi connectivity index (χ0) is 13.1. The maximum Gasteiger partial charge on any atom is 0.123 e. The third kappa shape index (κ3) is 2.94. The van der Waals surface area contributed by atoms with Crippen molar-refractivity contribution in [1.82, 2.24) is 15.3 Å². The lowest BCUT2D eigenvalue weighted by Crippen LogP contribution is -2.17. The molecular weight excluding hydrogens is 242 g/mol. The van der Waals surface area contributed by atoms with Gasteiger partial charge in [-0.1, -0.05) is 6.92 Å². The summed E-state index contributed by atoms with van der Waals surface area (Å²) in [5.74, 6) is 0. The molecule has 96 valence electrons. The number of thiazole rings is 1. The van der Waals surface area contributed by atoms with Gasteiger partial charge in [0.1, 0.15) is 5.01 Å². The van der Waals surface area contributed by atoms with Gasteiger partial charge in [0.05, 0.1) is 5.69 Å². The zero-order valence-electron chi connectivity index (χ0n) is 11.3. The Bertz CT molecular complexity index is 513. The summed E-state index contributed by atoms with van der Waals surface area (Å²) in [5, 5.41) is 6.59. The second kappa shape index (κ2) is 5.59. The molecule has 2 aromatic rings. The van der Waals surface area contributed by atoms with Gasteiger partial charge in [0.15, 0.2) is 0 Å². The van der Waals surface area contributed by atoms with Crippen LogP contribution >= 0.6 is 11.3 Å². The van der Waals surface area contributed by atoms with Crippen LogP contribution < -0.4 is 5.32 Å². The smallest absolute Gasteiger partial charge is 0.123 e. The molecule has 18 heavy (non-hydrogen) atoms. The van der Waals surface area contributed by atoms with Crippen LogP contribution in [0.3, 0.4) is 0 Å². The molecule has 0 spiro atoms. The molecule has 2 heterocycles. The predicted octanol–water partition coefficient (Wildman–Crippen LogP) is 3.49. The van der Waals surface area contributed by atoms with Crippen LogP contribution in [0.4, 0.5) is 0 Å². The normalized spacial score (nSPS) is 12.7. The molecular formula is C14H19N3S. The van der Waals surface area contributed by atoms with E-state index >= 15 is 0 Å². The van der Waals surface area contributed by atoms with E-state index in [1.165, 1.54) is 5.56 Å². The highest BCUT2D eigenvalue weighted by molar-refractivity contribution is 7.13. The Hall–Kier alpha value is -1.26. The summed E-state index contributed by atoms with van der Waals surface area (Å²) in [4.78, 5) is 9.11. The zero-order valence-corrected chi connectivity index (χ0v) is 12.1. The molecule has 3 nitrogen and oxygen atoms in total. The van der Waals surface area contributed by atoms with Crippen LogP contribution in [-0.2, 0) is 0 Å². The second-order valence-corrected chi connectivity index (χ2v) is 5.35. The fraction of sp³-hybridized carbons (Fsp3) is 0.429. The van der Waals surface area contributed by atoms with Gasteiger partial charge in [-0.15, -0.1) is 11.3 Å². The summed E-state index contributed by atoms with van der Waals surface area (Å²) in [7, 11) is 0. The van der Waals surface area contributed by atoms with Gasteiger partial charge in [0.25, 0.3) is 0 Å². The second-order valence-electron chi connectivity index (χ2n) is 4.50. The van der Waals surface area contributed by atoms with E-state index in [4.69, 9.17) is 4.98 Å². The molecule has 0 aliphatic rings. The first kappa shape index (κ1) is 13.2. The fourth-order valence-electron chi connectivity index (χ4n) is 1.99. The van der Waals surface area contributed by atoms with Gasteiger partial charge in [-0.2, -0.15) is 0 Å². The topological polar surface area (TPSA) is 37.8 Å². The molecule has 1 atom stereocenters. The van der Waals surface area contributed by atoms with Crippen molar-refractivity contribution >= 4 is 11.3 Å². The molecule has 0 saturated heterocycles. The Morgan fingerprint density at radius 2 is 1.89 bits per heavy atom. The summed E-state index contributed by atoms with van der Waals surface area (Å²) in [5.41, 5.74) is 4.37. The lowest BCUT2D eigenvalue weighted by atomic mass is 10.2. The molecule has 0 saturated carbocycles. The van der Waals surface area contributed by atoms with Crippen molar-refractivity contribution in [3.8, 4) is 10.6 Å². The van der Waals surface area contributed by atoms with E-state index in [9.17, 15) is 0 Å². The summed E-state index contributed by atoms with van der Waals surface area (Å²) in [6, 6.07) is 4.49. The minimum Gasteiger partial charge on any atom is -0.309 e. The molecule has 0 bridgehead atoms. The van der Waals surface area contributed by atoms with Crippen LogP contribution in [0.15, 0.2) is 17.5 Å². The Morgan fingerprint density at radius 1 is 1.22 bits per heavy atom. The van der Waals surface area contributed by atoms with Crippen LogP contribution in [0, 0.1) is 13.8 Å². The van der Waals surface area contributed by atoms with Gasteiger partial charge in [-0.25, -0.2) is 4.98 Å². The first-order valence-electron chi connectivity index (χ1n) is 6.24. The molecule has 2 aromatic heterocycles. The highest BCUT2D eigenvalue weighted by atomic mass is 32.1. The minimum atomic E-state index is 0.309. The summed E-state index contributed by atoms with van der Waals surface area (Å²) >= 11 is 1.70. The van der Waals surface area contributed by atoms with E-state index in [2.05, 4.69) is 41.7 Å². The van der Waals surface area contributed by atoms with Crippen molar-refractivity contribution < 1.29 is 0 Å². The van der Waals surface area contributed by atoms with Gasteiger partial charge in [0, 0.05) is 28.4 Å². The third-order valence-electron chi connectivity index (χ3n) is 2.80. The van der Waals surface area contributed by atoms with Crippen molar-refractivity contribution in [1.29, 1.82) is 0 Å². The Balaban J connectivity index is 2.29. The number of pyridine rings is 1. The number of hydrogen-bond donors (Lipinski definition) is 1. The van der Waals surface area contributed by atoms with Gasteiger partial charge >= 0.3 is 0 Å². The van der Waals surface area contributed by atoms with Crippen molar-refractivity contribution in [3.63, 3.8) is 0 Å².